The molecule has 4 rings (SSSR count). The lowest BCUT2D eigenvalue weighted by molar-refractivity contribution is 0.649. The molecule has 0 aliphatic carbocycles. The van der Waals surface area contributed by atoms with Crippen LogP contribution in [0.5, 0.6) is 0 Å². The van der Waals surface area contributed by atoms with E-state index in [2.05, 4.69) is 53.5 Å². The van der Waals surface area contributed by atoms with E-state index in [1.807, 2.05) is 41.2 Å². The Hall–Kier alpha value is -3.21. The van der Waals surface area contributed by atoms with Crippen LogP contribution < -0.4 is 5.32 Å². The second-order valence-electron chi connectivity index (χ2n) is 7.11. The zero-order valence-electron chi connectivity index (χ0n) is 15.6. The van der Waals surface area contributed by atoms with Gasteiger partial charge in [-0.25, -0.2) is 4.98 Å². The monoisotopic (exact) mass is 357 g/mol. The van der Waals surface area contributed by atoms with E-state index in [9.17, 15) is 0 Å². The molecule has 0 amide bonds. The van der Waals surface area contributed by atoms with E-state index in [4.69, 9.17) is 4.98 Å². The highest BCUT2D eigenvalue weighted by atomic mass is 15.3. The number of benzene rings is 1. The van der Waals surface area contributed by atoms with Gasteiger partial charge in [-0.1, -0.05) is 50.2 Å². The number of aromatic nitrogens is 4. The Kier molecular flexibility index (Phi) is 4.83. The Morgan fingerprint density at radius 1 is 1.04 bits per heavy atom. The maximum absolute atomic E-state index is 4.92. The molecule has 0 bridgehead atoms. The Balaban J connectivity index is 1.77. The van der Waals surface area contributed by atoms with E-state index in [1.165, 1.54) is 5.56 Å². The molecule has 0 aliphatic heterocycles. The fraction of sp³-hybridized carbons (Fsp3) is 0.227. The van der Waals surface area contributed by atoms with E-state index in [0.717, 1.165) is 34.7 Å². The first-order chi connectivity index (χ1) is 13.2. The summed E-state index contributed by atoms with van der Waals surface area (Å²) in [5.74, 6) is 1.48. The van der Waals surface area contributed by atoms with E-state index >= 15 is 0 Å². The van der Waals surface area contributed by atoms with Gasteiger partial charge in [0.25, 0.3) is 0 Å². The van der Waals surface area contributed by atoms with Crippen molar-refractivity contribution in [3.05, 3.63) is 78.2 Å². The largest absolute Gasteiger partial charge is 0.366 e. The number of pyridine rings is 1. The van der Waals surface area contributed by atoms with Crippen molar-refractivity contribution in [3.63, 3.8) is 0 Å². The lowest BCUT2D eigenvalue weighted by Crippen LogP contribution is -2.07. The first-order valence-electron chi connectivity index (χ1n) is 9.26. The van der Waals surface area contributed by atoms with Gasteiger partial charge in [0.2, 0.25) is 0 Å². The molecule has 5 nitrogen and oxygen atoms in total. The van der Waals surface area contributed by atoms with Crippen molar-refractivity contribution in [1.82, 2.24) is 19.6 Å². The Labute approximate surface area is 159 Å². The van der Waals surface area contributed by atoms with Crippen LogP contribution in [0.15, 0.2) is 67.1 Å². The average molecular weight is 357 g/mol. The summed E-state index contributed by atoms with van der Waals surface area (Å²) in [7, 11) is 0. The number of nitrogens with zero attached hydrogens (tertiary/aromatic N) is 4. The van der Waals surface area contributed by atoms with E-state index < -0.39 is 0 Å². The molecule has 3 heterocycles. The van der Waals surface area contributed by atoms with Gasteiger partial charge in [-0.05, 0) is 24.0 Å². The van der Waals surface area contributed by atoms with Gasteiger partial charge in [0.05, 0.1) is 11.9 Å². The van der Waals surface area contributed by atoms with Gasteiger partial charge in [0, 0.05) is 36.1 Å². The first-order valence-corrected chi connectivity index (χ1v) is 9.26. The van der Waals surface area contributed by atoms with Crippen molar-refractivity contribution >= 4 is 11.5 Å². The van der Waals surface area contributed by atoms with Crippen molar-refractivity contribution in [2.45, 2.75) is 26.8 Å². The van der Waals surface area contributed by atoms with Crippen molar-refractivity contribution in [2.75, 3.05) is 5.32 Å². The molecule has 0 saturated carbocycles. The maximum atomic E-state index is 4.92. The molecule has 136 valence electrons. The molecule has 0 saturated heterocycles. The summed E-state index contributed by atoms with van der Waals surface area (Å²) in [5, 5.41) is 8.10. The second-order valence-corrected chi connectivity index (χ2v) is 7.11. The summed E-state index contributed by atoms with van der Waals surface area (Å²) < 4.78 is 1.90. The minimum absolute atomic E-state index is 0.548. The SMILES string of the molecule is CC(C)Cc1cnn2c(NCc3cccnc3)cc(-c3ccccc3)nc12. The molecule has 1 aromatic carbocycles. The molecule has 27 heavy (non-hydrogen) atoms. The third kappa shape index (κ3) is 3.82. The molecule has 0 aliphatic rings. The van der Waals surface area contributed by atoms with Crippen LogP contribution in [0.25, 0.3) is 16.9 Å². The topological polar surface area (TPSA) is 55.1 Å². The number of fused-ring (bicyclic) bond motifs is 1. The number of nitrogens with one attached hydrogen (secondary N) is 1. The Morgan fingerprint density at radius 3 is 2.63 bits per heavy atom. The molecule has 0 atom stereocenters. The molecule has 1 N–H and O–H groups in total. The van der Waals surface area contributed by atoms with Gasteiger partial charge in [-0.2, -0.15) is 9.61 Å². The Morgan fingerprint density at radius 2 is 1.89 bits per heavy atom. The van der Waals surface area contributed by atoms with Crippen molar-refractivity contribution in [3.8, 4) is 11.3 Å². The fourth-order valence-corrected chi connectivity index (χ4v) is 3.17. The number of hydrogen-bond acceptors (Lipinski definition) is 4. The van der Waals surface area contributed by atoms with Gasteiger partial charge in [-0.15, -0.1) is 0 Å². The summed E-state index contributed by atoms with van der Waals surface area (Å²) in [6.45, 7) is 5.11. The van der Waals surface area contributed by atoms with Gasteiger partial charge < -0.3 is 5.32 Å². The number of rotatable bonds is 6. The number of anilines is 1. The van der Waals surface area contributed by atoms with Gasteiger partial charge >= 0.3 is 0 Å². The highest BCUT2D eigenvalue weighted by Crippen LogP contribution is 2.25. The molecule has 4 aromatic rings. The van der Waals surface area contributed by atoms with Crippen molar-refractivity contribution in [1.29, 1.82) is 0 Å². The van der Waals surface area contributed by atoms with Crippen LogP contribution >= 0.6 is 0 Å². The van der Waals surface area contributed by atoms with Crippen LogP contribution in [0.1, 0.15) is 25.0 Å². The van der Waals surface area contributed by atoms with Crippen LogP contribution in [0.3, 0.4) is 0 Å². The van der Waals surface area contributed by atoms with Crippen LogP contribution in [0, 0.1) is 5.92 Å². The van der Waals surface area contributed by atoms with Crippen LogP contribution in [-0.4, -0.2) is 19.6 Å². The van der Waals surface area contributed by atoms with Crippen molar-refractivity contribution < 1.29 is 0 Å². The van der Waals surface area contributed by atoms with E-state index in [-0.39, 0.29) is 0 Å². The summed E-state index contributed by atoms with van der Waals surface area (Å²) in [6.07, 6.45) is 6.55. The average Bonchev–Trinajstić information content (AvgIpc) is 3.10. The maximum Gasteiger partial charge on any atom is 0.161 e. The molecule has 0 unspecified atom stereocenters. The standard InChI is InChI=1S/C22H23N5/c1-16(2)11-19-15-25-27-21(24-14-17-7-6-10-23-13-17)12-20(26-22(19)27)18-8-4-3-5-9-18/h3-10,12-13,15-16,24H,11,14H2,1-2H3. The normalized spacial score (nSPS) is 11.2. The summed E-state index contributed by atoms with van der Waals surface area (Å²) in [6, 6.07) is 16.3. The van der Waals surface area contributed by atoms with Crippen LogP contribution in [0.2, 0.25) is 0 Å². The molecular weight excluding hydrogens is 334 g/mol. The molecule has 0 radical (unpaired) electrons. The smallest absolute Gasteiger partial charge is 0.161 e. The minimum Gasteiger partial charge on any atom is -0.366 e. The highest BCUT2D eigenvalue weighted by molar-refractivity contribution is 5.67. The van der Waals surface area contributed by atoms with Crippen molar-refractivity contribution in [2.24, 2.45) is 5.92 Å². The summed E-state index contributed by atoms with van der Waals surface area (Å²) >= 11 is 0. The van der Waals surface area contributed by atoms with Crippen LogP contribution in [-0.2, 0) is 13.0 Å². The van der Waals surface area contributed by atoms with Gasteiger partial charge in [-0.3, -0.25) is 4.98 Å². The molecule has 0 fully saturated rings. The molecule has 3 aromatic heterocycles. The third-order valence-corrected chi connectivity index (χ3v) is 4.44. The van der Waals surface area contributed by atoms with E-state index in [1.54, 1.807) is 6.20 Å². The molecule has 5 heteroatoms. The second kappa shape index (κ2) is 7.58. The fourth-order valence-electron chi connectivity index (χ4n) is 3.17. The Bertz CT molecular complexity index is 1020. The molecule has 0 spiro atoms. The predicted octanol–water partition coefficient (Wildman–Crippen LogP) is 4.60. The quantitative estimate of drug-likeness (QED) is 0.548. The van der Waals surface area contributed by atoms with E-state index in [0.29, 0.717) is 12.5 Å². The lowest BCUT2D eigenvalue weighted by atomic mass is 10.1. The van der Waals surface area contributed by atoms with Crippen LogP contribution in [0.4, 0.5) is 5.82 Å². The lowest BCUT2D eigenvalue weighted by Gasteiger charge is -2.12. The highest BCUT2D eigenvalue weighted by Gasteiger charge is 2.13. The zero-order valence-corrected chi connectivity index (χ0v) is 15.6. The zero-order chi connectivity index (χ0) is 18.6. The number of hydrogen-bond donors (Lipinski definition) is 1. The molecular formula is C22H23N5. The predicted molar refractivity (Wildman–Crippen MR) is 109 cm³/mol. The van der Waals surface area contributed by atoms with Gasteiger partial charge in [0.15, 0.2) is 5.65 Å². The summed E-state index contributed by atoms with van der Waals surface area (Å²) in [4.78, 5) is 9.11. The van der Waals surface area contributed by atoms with Gasteiger partial charge in [0.1, 0.15) is 5.82 Å². The third-order valence-electron chi connectivity index (χ3n) is 4.44. The summed E-state index contributed by atoms with van der Waals surface area (Å²) in [5.41, 5.74) is 5.26. The first kappa shape index (κ1) is 17.2. The minimum atomic E-state index is 0.548.